The Balaban J connectivity index is 0.000000182. The third-order valence-corrected chi connectivity index (χ3v) is 15.0. The number of aromatic nitrogens is 6. The van der Waals surface area contributed by atoms with Crippen LogP contribution < -0.4 is 31.9 Å². The molecule has 2 atom stereocenters. The van der Waals surface area contributed by atoms with Gasteiger partial charge >= 0.3 is 12.1 Å². The van der Waals surface area contributed by atoms with Gasteiger partial charge in [-0.25, -0.2) is 48.3 Å². The number of pyridine rings is 2. The van der Waals surface area contributed by atoms with Gasteiger partial charge in [0.25, 0.3) is 0 Å². The van der Waals surface area contributed by atoms with E-state index in [0.717, 1.165) is 79.0 Å². The summed E-state index contributed by atoms with van der Waals surface area (Å²) in [6, 6.07) is 18.0. The number of fused-ring (bicyclic) bond motifs is 2. The molecule has 0 saturated carbocycles. The molecule has 2 aromatic carbocycles. The lowest BCUT2D eigenvalue weighted by molar-refractivity contribution is 0.218. The van der Waals surface area contributed by atoms with Crippen LogP contribution in [-0.2, 0) is 0 Å². The van der Waals surface area contributed by atoms with Crippen molar-refractivity contribution in [1.82, 2.24) is 61.0 Å². The van der Waals surface area contributed by atoms with E-state index in [-0.39, 0.29) is 47.4 Å². The molecule has 4 amide bonds. The first-order chi connectivity index (χ1) is 35.9. The molecule has 16 nitrogen and oxygen atoms in total. The minimum atomic E-state index is -0.555. The number of carbonyl (C=O) groups excluding carboxylic acids is 2. The predicted octanol–water partition coefficient (Wildman–Crippen LogP) is 9.61. The molecule has 6 aromatic heterocycles. The van der Waals surface area contributed by atoms with Crippen LogP contribution in [0.4, 0.5) is 39.0 Å². The summed E-state index contributed by atoms with van der Waals surface area (Å²) in [5.74, 6) is -1.61. The fourth-order valence-corrected chi connectivity index (χ4v) is 11.3. The average molecular weight is 1050 g/mol. The topological polar surface area (TPSA) is 190 Å². The summed E-state index contributed by atoms with van der Waals surface area (Å²) in [4.78, 5) is 52.8. The average Bonchev–Trinajstić information content (AvgIpc) is 4.22. The second kappa shape index (κ2) is 23.2. The molecule has 0 unspecified atom stereocenters. The van der Waals surface area contributed by atoms with E-state index in [2.05, 4.69) is 61.8 Å². The number of anilines is 2. The molecule has 8 heterocycles. The first kappa shape index (κ1) is 51.5. The van der Waals surface area contributed by atoms with Gasteiger partial charge in [-0.1, -0.05) is 50.2 Å². The van der Waals surface area contributed by atoms with E-state index in [1.165, 1.54) is 34.8 Å². The Labute approximate surface area is 432 Å². The highest BCUT2D eigenvalue weighted by molar-refractivity contribution is 7.23. The second-order valence-electron chi connectivity index (χ2n) is 17.5. The summed E-state index contributed by atoms with van der Waals surface area (Å²) >= 11 is 2.79. The number of nitrogens with one attached hydrogen (secondary N) is 6. The summed E-state index contributed by atoms with van der Waals surface area (Å²) in [6.07, 6.45) is 5.43. The number of benzene rings is 2. The molecule has 2 aliphatic rings. The van der Waals surface area contributed by atoms with Crippen molar-refractivity contribution < 1.29 is 27.2 Å². The van der Waals surface area contributed by atoms with Crippen LogP contribution in [0.25, 0.3) is 63.6 Å². The minimum absolute atomic E-state index is 0.0256. The largest absolute Gasteiger partial charge is 0.352 e. The fourth-order valence-electron chi connectivity index (χ4n) is 8.96. The van der Waals surface area contributed by atoms with Crippen LogP contribution in [0.5, 0.6) is 0 Å². The Kier molecular flexibility index (Phi) is 16.2. The zero-order valence-electron chi connectivity index (χ0n) is 41.0. The molecule has 22 heteroatoms. The Morgan fingerprint density at radius 1 is 0.595 bits per heavy atom. The highest BCUT2D eigenvalue weighted by Crippen LogP contribution is 2.43. The standard InChI is InChI=1S/2C26H27F2N7OS/c2*1-3-29-15(2)19-13-32-22(28)12-18(19)17-6-4-5-16-11-21(37-24(16)17)23-20(27)14-33-25(34-23)30-7-9-35-10-8-31-26(35)36/h2*4-6,11-15,29H,3,7-10H2,1-2H3,(H,31,36)(H,30,33,34)/t2*15-/m10/s1. The van der Waals surface area contributed by atoms with Crippen molar-refractivity contribution in [3.8, 4) is 43.4 Å². The Bertz CT molecular complexity index is 3100. The highest BCUT2D eigenvalue weighted by atomic mass is 32.1. The van der Waals surface area contributed by atoms with Gasteiger partial charge in [0.1, 0.15) is 11.4 Å². The van der Waals surface area contributed by atoms with E-state index in [1.54, 1.807) is 22.2 Å². The van der Waals surface area contributed by atoms with Gasteiger partial charge < -0.3 is 41.7 Å². The van der Waals surface area contributed by atoms with Gasteiger partial charge in [-0.2, -0.15) is 8.78 Å². The van der Waals surface area contributed by atoms with Crippen LogP contribution in [0.15, 0.2) is 85.5 Å². The monoisotopic (exact) mass is 1050 g/mol. The number of urea groups is 2. The van der Waals surface area contributed by atoms with Gasteiger partial charge in [0.15, 0.2) is 11.6 Å². The summed E-state index contributed by atoms with van der Waals surface area (Å²) < 4.78 is 60.0. The van der Waals surface area contributed by atoms with E-state index in [4.69, 9.17) is 0 Å². The maximum Gasteiger partial charge on any atom is 0.317 e. The summed E-state index contributed by atoms with van der Waals surface area (Å²) in [6.45, 7) is 14.0. The van der Waals surface area contributed by atoms with Crippen molar-refractivity contribution in [3.05, 3.63) is 120 Å². The van der Waals surface area contributed by atoms with Crippen molar-refractivity contribution >= 4 is 66.8 Å². The molecule has 2 fully saturated rings. The van der Waals surface area contributed by atoms with Crippen LogP contribution in [0, 0.1) is 23.5 Å². The van der Waals surface area contributed by atoms with E-state index in [0.29, 0.717) is 62.1 Å². The Morgan fingerprint density at radius 3 is 1.42 bits per heavy atom. The van der Waals surface area contributed by atoms with Crippen LogP contribution in [0.1, 0.15) is 50.9 Å². The lowest BCUT2D eigenvalue weighted by Gasteiger charge is -2.17. The molecular weight excluding hydrogens is 993 g/mol. The van der Waals surface area contributed by atoms with Gasteiger partial charge in [0, 0.05) is 109 Å². The number of carbonyl (C=O) groups is 2. The minimum Gasteiger partial charge on any atom is -0.352 e. The highest BCUT2D eigenvalue weighted by Gasteiger charge is 2.23. The predicted molar refractivity (Wildman–Crippen MR) is 283 cm³/mol. The number of rotatable bonds is 18. The molecule has 2 saturated heterocycles. The van der Waals surface area contributed by atoms with Gasteiger partial charge in [0.2, 0.25) is 23.8 Å². The van der Waals surface area contributed by atoms with Gasteiger partial charge in [0.05, 0.1) is 22.1 Å². The third kappa shape index (κ3) is 11.5. The van der Waals surface area contributed by atoms with Crippen LogP contribution >= 0.6 is 22.7 Å². The molecule has 10 rings (SSSR count). The van der Waals surface area contributed by atoms with Crippen molar-refractivity contribution in [2.45, 2.75) is 39.8 Å². The molecule has 0 aliphatic carbocycles. The van der Waals surface area contributed by atoms with E-state index in [9.17, 15) is 27.2 Å². The number of amides is 4. The van der Waals surface area contributed by atoms with Crippen LogP contribution in [0.2, 0.25) is 0 Å². The summed E-state index contributed by atoms with van der Waals surface area (Å²) in [5.41, 5.74) is 5.34. The van der Waals surface area contributed by atoms with Crippen LogP contribution in [0.3, 0.4) is 0 Å². The van der Waals surface area contributed by atoms with Gasteiger partial charge in [-0.3, -0.25) is 0 Å². The van der Waals surface area contributed by atoms with Crippen molar-refractivity contribution in [3.63, 3.8) is 0 Å². The molecule has 384 valence electrons. The molecular formula is C52H54F4N14O2S2. The second-order valence-corrected chi connectivity index (χ2v) is 19.6. The lowest BCUT2D eigenvalue weighted by atomic mass is 9.96. The molecule has 0 bridgehead atoms. The normalized spacial score (nSPS) is 14.3. The van der Waals surface area contributed by atoms with Crippen molar-refractivity contribution in [1.29, 1.82) is 0 Å². The summed E-state index contributed by atoms with van der Waals surface area (Å²) in [5, 5.41) is 20.2. The van der Waals surface area contributed by atoms with Crippen LogP contribution in [-0.4, -0.2) is 117 Å². The van der Waals surface area contributed by atoms with Gasteiger partial charge in [-0.15, -0.1) is 22.7 Å². The molecule has 0 radical (unpaired) electrons. The maximum absolute atomic E-state index is 14.9. The smallest absolute Gasteiger partial charge is 0.317 e. The zero-order chi connectivity index (χ0) is 51.9. The molecule has 2 aliphatic heterocycles. The maximum atomic E-state index is 14.9. The lowest BCUT2D eigenvalue weighted by Crippen LogP contribution is -2.32. The fraction of sp³-hybridized carbons (Fsp3) is 0.308. The van der Waals surface area contributed by atoms with E-state index in [1.807, 2.05) is 76.2 Å². The summed E-state index contributed by atoms with van der Waals surface area (Å²) in [7, 11) is 0. The number of thiophene rings is 2. The molecule has 74 heavy (non-hydrogen) atoms. The number of halogens is 4. The van der Waals surface area contributed by atoms with E-state index >= 15 is 0 Å². The number of hydrogen-bond acceptors (Lipinski definition) is 14. The van der Waals surface area contributed by atoms with Crippen molar-refractivity contribution in [2.75, 3.05) is 76.1 Å². The van der Waals surface area contributed by atoms with Gasteiger partial charge in [-0.05, 0) is 72.1 Å². The SMILES string of the molecule is CCN[C@@H](C)c1cnc(F)cc1-c1cccc2cc(-c3nc(NCCN4CCNC4=O)ncc3F)sc12.CCN[C@H](C)c1cnc(F)cc1-c1cccc2cc(-c3nc(NCCN4CCNC4=O)ncc3F)sc12. The number of hydrogen-bond donors (Lipinski definition) is 6. The first-order valence-corrected chi connectivity index (χ1v) is 25.9. The quantitative estimate of drug-likeness (QED) is 0.0353. The van der Waals surface area contributed by atoms with E-state index < -0.39 is 23.5 Å². The molecule has 0 spiro atoms. The van der Waals surface area contributed by atoms with Crippen molar-refractivity contribution in [2.24, 2.45) is 0 Å². The molecule has 6 N–H and O–H groups in total. The third-order valence-electron chi connectivity index (χ3n) is 12.6. The first-order valence-electron chi connectivity index (χ1n) is 24.3. The Morgan fingerprint density at radius 2 is 1.03 bits per heavy atom. The number of nitrogens with zero attached hydrogens (tertiary/aromatic N) is 8. The molecule has 8 aromatic rings. The zero-order valence-corrected chi connectivity index (χ0v) is 42.7. The Hall–Kier alpha value is -7.40.